The van der Waals surface area contributed by atoms with Gasteiger partial charge in [0.15, 0.2) is 0 Å². The molecule has 0 fully saturated rings. The zero-order valence-corrected chi connectivity index (χ0v) is 15.4. The van der Waals surface area contributed by atoms with Gasteiger partial charge in [-0.15, -0.1) is 0 Å². The van der Waals surface area contributed by atoms with Gasteiger partial charge in [-0.2, -0.15) is 0 Å². The first-order valence-corrected chi connectivity index (χ1v) is 9.24. The van der Waals surface area contributed by atoms with Gasteiger partial charge in [0.2, 0.25) is 5.91 Å². The second-order valence-electron chi connectivity index (χ2n) is 6.54. The monoisotopic (exact) mass is 373 g/mol. The molecular weight excluding hydrogens is 350 g/mol. The summed E-state index contributed by atoms with van der Waals surface area (Å²) >= 11 is 6.36. The van der Waals surface area contributed by atoms with E-state index in [2.05, 4.69) is 23.5 Å². The number of nitrogens with two attached hydrogens (primary N) is 1. The highest BCUT2D eigenvalue weighted by atomic mass is 35.5. The molecule has 4 N–H and O–H groups in total. The first-order valence-electron chi connectivity index (χ1n) is 8.86. The Labute approximate surface area is 158 Å². The lowest BCUT2D eigenvalue weighted by molar-refractivity contribution is -0.116. The number of hydrogen-bond acceptors (Lipinski definition) is 3. The number of rotatable bonds is 7. The van der Waals surface area contributed by atoms with Crippen molar-refractivity contribution in [3.63, 3.8) is 0 Å². The highest BCUT2D eigenvalue weighted by Gasteiger charge is 2.15. The summed E-state index contributed by atoms with van der Waals surface area (Å²) in [7, 11) is 0. The highest BCUT2D eigenvalue weighted by Crippen LogP contribution is 2.33. The number of nitrogens with one attached hydrogen (secondary N) is 1. The average Bonchev–Trinajstić information content (AvgIpc) is 2.99. The van der Waals surface area contributed by atoms with Crippen molar-refractivity contribution < 1.29 is 9.90 Å². The minimum atomic E-state index is -0.653. The summed E-state index contributed by atoms with van der Waals surface area (Å²) in [5.74, 6) is -0.0428. The molecule has 6 heteroatoms. The van der Waals surface area contributed by atoms with Gasteiger partial charge >= 0.3 is 0 Å². The molecule has 5 nitrogen and oxygen atoms in total. The van der Waals surface area contributed by atoms with E-state index in [-0.39, 0.29) is 12.5 Å². The first kappa shape index (κ1) is 18.7. The number of aliphatic hydroxyl groups excluding tert-OH is 1. The van der Waals surface area contributed by atoms with E-state index in [0.717, 1.165) is 30.2 Å². The van der Waals surface area contributed by atoms with Crippen molar-refractivity contribution in [2.45, 2.75) is 38.3 Å². The van der Waals surface area contributed by atoms with E-state index in [4.69, 9.17) is 17.3 Å². The number of aliphatic hydroxyl groups is 1. The molecule has 1 unspecified atom stereocenters. The molecule has 1 aliphatic carbocycles. The SMILES string of the molecule is NCC(O)Cn1cc(NC(=O)CCC2=CCC=CC2)c2c(Cl)cccc21. The summed E-state index contributed by atoms with van der Waals surface area (Å²) in [6.45, 7) is 0.522. The standard InChI is InChI=1S/C20H24ClN3O2/c21-16-7-4-8-18-20(16)17(13-24(18)12-15(25)11-22)23-19(26)10-9-14-5-2-1-3-6-14/h1-2,4,6-8,13,15,25H,3,5,9-12,22H2,(H,23,26). The number of hydrogen-bond donors (Lipinski definition) is 3. The molecule has 2 aromatic rings. The van der Waals surface area contributed by atoms with Crippen molar-refractivity contribution in [3.8, 4) is 0 Å². The second-order valence-corrected chi connectivity index (χ2v) is 6.95. The number of aromatic nitrogens is 1. The zero-order chi connectivity index (χ0) is 18.5. The van der Waals surface area contributed by atoms with Crippen LogP contribution in [0.2, 0.25) is 5.02 Å². The van der Waals surface area contributed by atoms with E-state index in [9.17, 15) is 9.90 Å². The molecule has 0 spiro atoms. The fourth-order valence-corrected chi connectivity index (χ4v) is 3.47. The van der Waals surface area contributed by atoms with Gasteiger partial charge in [0.25, 0.3) is 0 Å². The normalized spacial score (nSPS) is 15.1. The predicted molar refractivity (Wildman–Crippen MR) is 106 cm³/mol. The van der Waals surface area contributed by atoms with Crippen LogP contribution in [0.25, 0.3) is 10.9 Å². The van der Waals surface area contributed by atoms with E-state index in [0.29, 0.717) is 23.7 Å². The molecule has 0 aliphatic heterocycles. The quantitative estimate of drug-likeness (QED) is 0.648. The average molecular weight is 374 g/mol. The Hall–Kier alpha value is -2.08. The third-order valence-electron chi connectivity index (χ3n) is 4.57. The van der Waals surface area contributed by atoms with Crippen LogP contribution in [0.1, 0.15) is 25.7 Å². The van der Waals surface area contributed by atoms with Crippen LogP contribution in [-0.4, -0.2) is 28.2 Å². The van der Waals surface area contributed by atoms with Crippen molar-refractivity contribution in [2.24, 2.45) is 5.73 Å². The number of nitrogens with zero attached hydrogens (tertiary/aromatic N) is 1. The molecule has 0 saturated carbocycles. The number of allylic oxidation sites excluding steroid dienone is 4. The lowest BCUT2D eigenvalue weighted by atomic mass is 10.0. The van der Waals surface area contributed by atoms with Gasteiger partial charge in [0.05, 0.1) is 22.3 Å². The number of halogens is 1. The van der Waals surface area contributed by atoms with Gasteiger partial charge < -0.3 is 20.7 Å². The maximum absolute atomic E-state index is 12.4. The summed E-state index contributed by atoms with van der Waals surface area (Å²) in [6.07, 6.45) is 10.7. The van der Waals surface area contributed by atoms with Gasteiger partial charge in [-0.25, -0.2) is 0 Å². The van der Waals surface area contributed by atoms with E-state index in [1.165, 1.54) is 5.57 Å². The van der Waals surface area contributed by atoms with Crippen LogP contribution in [-0.2, 0) is 11.3 Å². The van der Waals surface area contributed by atoms with Crippen molar-refractivity contribution in [1.82, 2.24) is 4.57 Å². The molecule has 0 bridgehead atoms. The number of carbonyl (C=O) groups excluding carboxylic acids is 1. The number of fused-ring (bicyclic) bond motifs is 1. The Morgan fingerprint density at radius 1 is 1.38 bits per heavy atom. The summed E-state index contributed by atoms with van der Waals surface area (Å²) in [5.41, 5.74) is 8.35. The Kier molecular flexibility index (Phi) is 6.14. The second kappa shape index (κ2) is 8.54. The highest BCUT2D eigenvalue weighted by molar-refractivity contribution is 6.36. The minimum Gasteiger partial charge on any atom is -0.390 e. The molecule has 1 heterocycles. The maximum Gasteiger partial charge on any atom is 0.224 e. The van der Waals surface area contributed by atoms with Crippen molar-refractivity contribution in [2.75, 3.05) is 11.9 Å². The molecule has 1 aliphatic rings. The predicted octanol–water partition coefficient (Wildman–Crippen LogP) is 3.61. The first-order chi connectivity index (χ1) is 12.6. The number of benzene rings is 1. The van der Waals surface area contributed by atoms with Crippen LogP contribution in [0.4, 0.5) is 5.69 Å². The summed E-state index contributed by atoms with van der Waals surface area (Å²) in [6, 6.07) is 5.56. The van der Waals surface area contributed by atoms with Crippen LogP contribution < -0.4 is 11.1 Å². The topological polar surface area (TPSA) is 80.3 Å². The Balaban J connectivity index is 1.76. The fraction of sp³-hybridized carbons (Fsp3) is 0.350. The van der Waals surface area contributed by atoms with Crippen LogP contribution in [0.5, 0.6) is 0 Å². The van der Waals surface area contributed by atoms with Gasteiger partial charge in [-0.05, 0) is 31.4 Å². The molecule has 3 rings (SSSR count). The maximum atomic E-state index is 12.4. The molecular formula is C20H24ClN3O2. The van der Waals surface area contributed by atoms with Crippen molar-refractivity contribution in [3.05, 3.63) is 53.2 Å². The Morgan fingerprint density at radius 2 is 2.23 bits per heavy atom. The van der Waals surface area contributed by atoms with Crippen LogP contribution in [0.3, 0.4) is 0 Å². The van der Waals surface area contributed by atoms with Crippen LogP contribution >= 0.6 is 11.6 Å². The molecule has 1 aromatic heterocycles. The molecule has 1 aromatic carbocycles. The summed E-state index contributed by atoms with van der Waals surface area (Å²) in [5, 5.41) is 14.2. The summed E-state index contributed by atoms with van der Waals surface area (Å²) in [4.78, 5) is 12.4. The third-order valence-corrected chi connectivity index (χ3v) is 4.89. The Morgan fingerprint density at radius 3 is 2.96 bits per heavy atom. The van der Waals surface area contributed by atoms with E-state index in [1.807, 2.05) is 22.9 Å². The molecule has 26 heavy (non-hydrogen) atoms. The minimum absolute atomic E-state index is 0.0428. The summed E-state index contributed by atoms with van der Waals surface area (Å²) < 4.78 is 1.88. The van der Waals surface area contributed by atoms with E-state index in [1.54, 1.807) is 6.07 Å². The van der Waals surface area contributed by atoms with Gasteiger partial charge in [-0.3, -0.25) is 4.79 Å². The fourth-order valence-electron chi connectivity index (χ4n) is 3.20. The third kappa shape index (κ3) is 4.36. The van der Waals surface area contributed by atoms with Crippen LogP contribution in [0.15, 0.2) is 48.2 Å². The molecule has 0 saturated heterocycles. The van der Waals surface area contributed by atoms with Crippen LogP contribution in [0, 0.1) is 0 Å². The lowest BCUT2D eigenvalue weighted by Crippen LogP contribution is -2.24. The number of amides is 1. The Bertz CT molecular complexity index is 854. The molecule has 138 valence electrons. The van der Waals surface area contributed by atoms with Crippen molar-refractivity contribution in [1.29, 1.82) is 0 Å². The number of carbonyl (C=O) groups is 1. The van der Waals surface area contributed by atoms with Crippen molar-refractivity contribution >= 4 is 34.1 Å². The smallest absolute Gasteiger partial charge is 0.224 e. The van der Waals surface area contributed by atoms with Gasteiger partial charge in [0, 0.05) is 31.1 Å². The molecule has 1 amide bonds. The molecule has 1 atom stereocenters. The number of anilines is 1. The van der Waals surface area contributed by atoms with Gasteiger partial charge in [0.1, 0.15) is 0 Å². The lowest BCUT2D eigenvalue weighted by Gasteiger charge is -2.10. The van der Waals surface area contributed by atoms with E-state index < -0.39 is 6.10 Å². The largest absolute Gasteiger partial charge is 0.390 e. The van der Waals surface area contributed by atoms with Gasteiger partial charge in [-0.1, -0.05) is 41.5 Å². The van der Waals surface area contributed by atoms with E-state index >= 15 is 0 Å². The molecule has 0 radical (unpaired) electrons. The zero-order valence-electron chi connectivity index (χ0n) is 14.6.